The molecule has 0 saturated carbocycles. The number of aliphatic hydroxyl groups excluding tert-OH is 1. The summed E-state index contributed by atoms with van der Waals surface area (Å²) in [5, 5.41) is 8.76. The van der Waals surface area contributed by atoms with Crippen LogP contribution < -0.4 is 15.0 Å². The highest BCUT2D eigenvalue weighted by Gasteiger charge is 2.21. The Kier molecular flexibility index (Phi) is 7.01. The van der Waals surface area contributed by atoms with Crippen LogP contribution in [-0.2, 0) is 6.61 Å². The first-order chi connectivity index (χ1) is 14.7. The van der Waals surface area contributed by atoms with Crippen molar-refractivity contribution < 1.29 is 32.1 Å². The Balaban J connectivity index is 1.96. The van der Waals surface area contributed by atoms with E-state index in [1.807, 2.05) is 0 Å². The van der Waals surface area contributed by atoms with Gasteiger partial charge in [0, 0.05) is 35.5 Å². The van der Waals surface area contributed by atoms with E-state index >= 15 is 0 Å². The third-order valence-corrected chi connectivity index (χ3v) is 5.00. The second kappa shape index (κ2) is 9.52. The zero-order chi connectivity index (χ0) is 22.7. The number of aliphatic hydroxyl groups is 1. The van der Waals surface area contributed by atoms with Gasteiger partial charge in [-0.25, -0.2) is 17.6 Å². The molecule has 0 aliphatic carbocycles. The highest BCUT2D eigenvalue weighted by Crippen LogP contribution is 2.29. The molecule has 5 nitrogen and oxygen atoms in total. The van der Waals surface area contributed by atoms with Crippen LogP contribution in [0.4, 0.5) is 17.6 Å². The van der Waals surface area contributed by atoms with Crippen molar-refractivity contribution in [1.29, 1.82) is 0 Å². The number of benzene rings is 2. The van der Waals surface area contributed by atoms with Gasteiger partial charge in [-0.1, -0.05) is 0 Å². The predicted molar refractivity (Wildman–Crippen MR) is 108 cm³/mol. The van der Waals surface area contributed by atoms with E-state index in [9.17, 15) is 22.4 Å². The smallest absolute Gasteiger partial charge is 0.273 e. The van der Waals surface area contributed by atoms with Crippen LogP contribution in [0.5, 0.6) is 11.5 Å². The van der Waals surface area contributed by atoms with Crippen molar-refractivity contribution in [2.24, 2.45) is 0 Å². The van der Waals surface area contributed by atoms with Crippen molar-refractivity contribution >= 4 is 15.9 Å². The summed E-state index contributed by atoms with van der Waals surface area (Å²) in [5.74, 6) is -3.77. The minimum atomic E-state index is -1.05. The van der Waals surface area contributed by atoms with E-state index in [2.05, 4.69) is 15.9 Å². The molecule has 1 heterocycles. The molecule has 2 aromatic carbocycles. The first-order valence-corrected chi connectivity index (χ1v) is 9.74. The Labute approximate surface area is 182 Å². The zero-order valence-corrected chi connectivity index (χ0v) is 17.7. The number of rotatable bonds is 7. The van der Waals surface area contributed by atoms with Crippen LogP contribution in [0, 0.1) is 30.2 Å². The lowest BCUT2D eigenvalue weighted by atomic mass is 10.2. The molecule has 0 bridgehead atoms. The van der Waals surface area contributed by atoms with Crippen LogP contribution in [0.25, 0.3) is 5.69 Å². The molecular weight excluding hydrogens is 486 g/mol. The maximum atomic E-state index is 14.6. The lowest BCUT2D eigenvalue weighted by molar-refractivity contribution is 0.200. The van der Waals surface area contributed by atoms with Crippen molar-refractivity contribution in [3.63, 3.8) is 0 Å². The molecule has 0 aliphatic rings. The molecule has 10 heteroatoms. The fourth-order valence-electron chi connectivity index (χ4n) is 2.86. The zero-order valence-electron chi connectivity index (χ0n) is 16.1. The Morgan fingerprint density at radius 2 is 1.68 bits per heavy atom. The van der Waals surface area contributed by atoms with Gasteiger partial charge in [-0.15, -0.1) is 0 Å². The Morgan fingerprint density at radius 1 is 1.00 bits per heavy atom. The van der Waals surface area contributed by atoms with E-state index in [1.165, 1.54) is 19.1 Å². The van der Waals surface area contributed by atoms with Crippen LogP contribution in [0.3, 0.4) is 0 Å². The predicted octanol–water partition coefficient (Wildman–Crippen LogP) is 4.41. The molecule has 3 rings (SSSR count). The van der Waals surface area contributed by atoms with E-state index in [1.54, 1.807) is 0 Å². The fraction of sp³-hybridized carbons (Fsp3) is 0.190. The van der Waals surface area contributed by atoms with Gasteiger partial charge in [-0.3, -0.25) is 9.36 Å². The van der Waals surface area contributed by atoms with Crippen LogP contribution in [-0.4, -0.2) is 22.9 Å². The summed E-state index contributed by atoms with van der Waals surface area (Å²) in [6, 6.07) is 6.13. The standard InChI is InChI=1S/C21H16BrF4NO4/c1-11-6-18(31-10-12-2-3-13(23)7-15(12)24)19(22)21(29)27(11)20-16(25)8-14(9-17(20)26)30-5-4-28/h2-3,6-9,28H,4-5,10H2,1H3. The lowest BCUT2D eigenvalue weighted by Crippen LogP contribution is -2.24. The number of hydrogen-bond acceptors (Lipinski definition) is 4. The summed E-state index contributed by atoms with van der Waals surface area (Å²) in [6.45, 7) is 0.657. The van der Waals surface area contributed by atoms with Gasteiger partial charge in [0.25, 0.3) is 5.56 Å². The summed E-state index contributed by atoms with van der Waals surface area (Å²) in [7, 11) is 0. The maximum Gasteiger partial charge on any atom is 0.273 e. The Bertz CT molecular complexity index is 1160. The molecule has 1 N–H and O–H groups in total. The van der Waals surface area contributed by atoms with Crippen molar-refractivity contribution in [3.8, 4) is 17.2 Å². The van der Waals surface area contributed by atoms with Crippen molar-refractivity contribution in [2.75, 3.05) is 13.2 Å². The SMILES string of the molecule is Cc1cc(OCc2ccc(F)cc2F)c(Br)c(=O)n1-c1c(F)cc(OCCO)cc1F. The summed E-state index contributed by atoms with van der Waals surface area (Å²) < 4.78 is 67.2. The summed E-state index contributed by atoms with van der Waals surface area (Å²) >= 11 is 3.05. The maximum absolute atomic E-state index is 14.6. The summed E-state index contributed by atoms with van der Waals surface area (Å²) in [4.78, 5) is 12.8. The molecule has 0 atom stereocenters. The Hall–Kier alpha value is -2.85. The van der Waals surface area contributed by atoms with Gasteiger partial charge in [0.15, 0.2) is 11.6 Å². The quantitative estimate of drug-likeness (QED) is 0.487. The lowest BCUT2D eigenvalue weighted by Gasteiger charge is -2.16. The minimum absolute atomic E-state index is 0.0196. The number of halogens is 5. The molecule has 0 aliphatic heterocycles. The van der Waals surface area contributed by atoms with Gasteiger partial charge in [-0.05, 0) is 35.0 Å². The second-order valence-electron chi connectivity index (χ2n) is 6.44. The minimum Gasteiger partial charge on any atom is -0.491 e. The van der Waals surface area contributed by atoms with Crippen molar-refractivity contribution in [2.45, 2.75) is 13.5 Å². The Morgan fingerprint density at radius 3 is 2.29 bits per heavy atom. The highest BCUT2D eigenvalue weighted by atomic mass is 79.9. The molecule has 0 spiro atoms. The second-order valence-corrected chi connectivity index (χ2v) is 7.23. The third-order valence-electron chi connectivity index (χ3n) is 4.27. The molecule has 1 aromatic heterocycles. The van der Waals surface area contributed by atoms with Gasteiger partial charge in [-0.2, -0.15) is 0 Å². The van der Waals surface area contributed by atoms with Crippen LogP contribution in [0.2, 0.25) is 0 Å². The normalized spacial score (nSPS) is 10.9. The number of hydrogen-bond donors (Lipinski definition) is 1. The highest BCUT2D eigenvalue weighted by molar-refractivity contribution is 9.10. The topological polar surface area (TPSA) is 60.7 Å². The number of nitrogens with zero attached hydrogens (tertiary/aromatic N) is 1. The van der Waals surface area contributed by atoms with E-state index in [0.29, 0.717) is 6.07 Å². The third kappa shape index (κ3) is 4.91. The van der Waals surface area contributed by atoms with Crippen molar-refractivity contribution in [3.05, 3.63) is 85.8 Å². The van der Waals surface area contributed by atoms with Crippen molar-refractivity contribution in [1.82, 2.24) is 4.57 Å². The molecule has 0 amide bonds. The largest absolute Gasteiger partial charge is 0.491 e. The molecule has 0 fully saturated rings. The van der Waals surface area contributed by atoms with Gasteiger partial charge in [0.1, 0.15) is 46.5 Å². The summed E-state index contributed by atoms with van der Waals surface area (Å²) in [5.41, 5.74) is -1.22. The van der Waals surface area contributed by atoms with Gasteiger partial charge >= 0.3 is 0 Å². The van der Waals surface area contributed by atoms with E-state index in [-0.39, 0.29) is 47.0 Å². The van der Waals surface area contributed by atoms with E-state index in [0.717, 1.165) is 22.8 Å². The van der Waals surface area contributed by atoms with Crippen LogP contribution in [0.1, 0.15) is 11.3 Å². The fourth-order valence-corrected chi connectivity index (χ4v) is 3.27. The molecule has 0 unspecified atom stereocenters. The monoisotopic (exact) mass is 501 g/mol. The number of ether oxygens (including phenoxy) is 2. The first kappa shape index (κ1) is 22.8. The summed E-state index contributed by atoms with van der Waals surface area (Å²) in [6.07, 6.45) is 0. The number of aryl methyl sites for hydroxylation is 1. The molecule has 3 aromatic rings. The van der Waals surface area contributed by atoms with Crippen LogP contribution in [0.15, 0.2) is 45.7 Å². The van der Waals surface area contributed by atoms with Gasteiger partial charge in [0.05, 0.1) is 6.61 Å². The average Bonchev–Trinajstić information content (AvgIpc) is 2.71. The molecule has 0 radical (unpaired) electrons. The molecule has 31 heavy (non-hydrogen) atoms. The molecule has 0 saturated heterocycles. The number of aromatic nitrogens is 1. The van der Waals surface area contributed by atoms with Gasteiger partial charge in [0.2, 0.25) is 0 Å². The van der Waals surface area contributed by atoms with E-state index < -0.39 is 34.5 Å². The molecular formula is C21H16BrF4NO4. The van der Waals surface area contributed by atoms with Gasteiger partial charge < -0.3 is 14.6 Å². The van der Waals surface area contributed by atoms with E-state index in [4.69, 9.17) is 14.6 Å². The number of pyridine rings is 1. The van der Waals surface area contributed by atoms with Crippen LogP contribution >= 0.6 is 15.9 Å². The first-order valence-electron chi connectivity index (χ1n) is 8.95. The average molecular weight is 502 g/mol. The molecule has 164 valence electrons.